The Kier molecular flexibility index (Phi) is 2.43. The van der Waals surface area contributed by atoms with E-state index in [1.807, 2.05) is 0 Å². The average Bonchev–Trinajstić information content (AvgIpc) is 2.67. The van der Waals surface area contributed by atoms with Crippen molar-refractivity contribution in [2.45, 2.75) is 18.3 Å². The Labute approximate surface area is 63.5 Å². The smallest absolute Gasteiger partial charge is 0.335 e. The van der Waals surface area contributed by atoms with Crippen LogP contribution in [0.15, 0.2) is 0 Å². The summed E-state index contributed by atoms with van der Waals surface area (Å²) >= 11 is 0. The lowest BCUT2D eigenvalue weighted by atomic mass is 10.2. The Morgan fingerprint density at radius 1 is 1.82 bits per heavy atom. The summed E-state index contributed by atoms with van der Waals surface area (Å²) in [6.07, 6.45) is -2.27. The van der Waals surface area contributed by atoms with Gasteiger partial charge < -0.3 is 19.7 Å². The van der Waals surface area contributed by atoms with Crippen LogP contribution in [0.25, 0.3) is 0 Å². The van der Waals surface area contributed by atoms with Crippen LogP contribution in [0.1, 0.15) is 0 Å². The van der Waals surface area contributed by atoms with E-state index < -0.39 is 18.2 Å². The van der Waals surface area contributed by atoms with Crippen molar-refractivity contribution in [3.63, 3.8) is 0 Å². The molecule has 2 N–H and O–H groups in total. The molecule has 5 nitrogen and oxygen atoms in total. The SMILES string of the molecule is COCC1OC1C(O)C(=O)O. The molecule has 3 atom stereocenters. The third-order valence-corrected chi connectivity index (χ3v) is 1.52. The van der Waals surface area contributed by atoms with Crippen LogP contribution in [0.4, 0.5) is 0 Å². The van der Waals surface area contributed by atoms with E-state index in [0.29, 0.717) is 6.61 Å². The zero-order valence-electron chi connectivity index (χ0n) is 6.06. The number of aliphatic carboxylic acids is 1. The Morgan fingerprint density at radius 3 is 2.91 bits per heavy atom. The molecular formula is C6H10O5. The van der Waals surface area contributed by atoms with Gasteiger partial charge in [-0.1, -0.05) is 0 Å². The largest absolute Gasteiger partial charge is 0.479 e. The minimum Gasteiger partial charge on any atom is -0.479 e. The van der Waals surface area contributed by atoms with Crippen molar-refractivity contribution in [3.8, 4) is 0 Å². The maximum Gasteiger partial charge on any atom is 0.335 e. The zero-order valence-corrected chi connectivity index (χ0v) is 6.06. The van der Waals surface area contributed by atoms with Crippen molar-refractivity contribution in [3.05, 3.63) is 0 Å². The van der Waals surface area contributed by atoms with Crippen LogP contribution >= 0.6 is 0 Å². The summed E-state index contributed by atoms with van der Waals surface area (Å²) < 4.78 is 9.52. The zero-order chi connectivity index (χ0) is 8.43. The summed E-state index contributed by atoms with van der Waals surface area (Å²) in [6.45, 7) is 0.328. The number of hydrogen-bond acceptors (Lipinski definition) is 4. The standard InChI is InChI=1S/C6H10O5/c1-10-2-3-5(11-3)4(7)6(8)9/h3-5,7H,2H2,1H3,(H,8,9). The van der Waals surface area contributed by atoms with Crippen LogP contribution in [0.2, 0.25) is 0 Å². The van der Waals surface area contributed by atoms with Gasteiger partial charge in [-0.15, -0.1) is 0 Å². The number of carboxylic acid groups (broad SMARTS) is 1. The average molecular weight is 162 g/mol. The summed E-state index contributed by atoms with van der Waals surface area (Å²) in [5.41, 5.74) is 0. The van der Waals surface area contributed by atoms with E-state index in [1.165, 1.54) is 7.11 Å². The molecule has 1 fully saturated rings. The maximum absolute atomic E-state index is 10.2. The third-order valence-electron chi connectivity index (χ3n) is 1.52. The summed E-state index contributed by atoms with van der Waals surface area (Å²) in [5.74, 6) is -1.26. The van der Waals surface area contributed by atoms with Crippen molar-refractivity contribution in [1.82, 2.24) is 0 Å². The van der Waals surface area contributed by atoms with E-state index in [4.69, 9.17) is 19.7 Å². The van der Waals surface area contributed by atoms with Gasteiger partial charge in [0.05, 0.1) is 6.61 Å². The van der Waals surface area contributed by atoms with Crippen LogP contribution in [-0.4, -0.2) is 48.2 Å². The van der Waals surface area contributed by atoms with Gasteiger partial charge in [-0.05, 0) is 0 Å². The summed E-state index contributed by atoms with van der Waals surface area (Å²) in [6, 6.07) is 0. The van der Waals surface area contributed by atoms with Gasteiger partial charge in [0.2, 0.25) is 0 Å². The van der Waals surface area contributed by atoms with E-state index in [1.54, 1.807) is 0 Å². The second kappa shape index (κ2) is 3.17. The lowest BCUT2D eigenvalue weighted by Gasteiger charge is -1.98. The molecule has 1 heterocycles. The number of carbonyl (C=O) groups is 1. The summed E-state index contributed by atoms with van der Waals surface area (Å²) in [4.78, 5) is 10.2. The van der Waals surface area contributed by atoms with Gasteiger partial charge in [-0.3, -0.25) is 0 Å². The number of methoxy groups -OCH3 is 1. The third kappa shape index (κ3) is 1.89. The molecule has 5 heteroatoms. The molecule has 0 aliphatic carbocycles. The molecule has 0 aromatic rings. The van der Waals surface area contributed by atoms with Crippen molar-refractivity contribution >= 4 is 5.97 Å². The molecule has 0 aromatic heterocycles. The lowest BCUT2D eigenvalue weighted by molar-refractivity contribution is -0.147. The monoisotopic (exact) mass is 162 g/mol. The molecule has 0 bridgehead atoms. The molecule has 64 valence electrons. The van der Waals surface area contributed by atoms with Gasteiger partial charge >= 0.3 is 5.97 Å². The van der Waals surface area contributed by atoms with Crippen LogP contribution in [0.3, 0.4) is 0 Å². The van der Waals surface area contributed by atoms with Gasteiger partial charge in [-0.2, -0.15) is 0 Å². The number of epoxide rings is 1. The molecule has 0 saturated carbocycles. The fourth-order valence-corrected chi connectivity index (χ4v) is 0.873. The predicted octanol–water partition coefficient (Wildman–Crippen LogP) is -1.15. The van der Waals surface area contributed by atoms with Crippen LogP contribution < -0.4 is 0 Å². The predicted molar refractivity (Wildman–Crippen MR) is 34.2 cm³/mol. The van der Waals surface area contributed by atoms with E-state index >= 15 is 0 Å². The minimum absolute atomic E-state index is 0.258. The highest BCUT2D eigenvalue weighted by molar-refractivity contribution is 5.73. The summed E-state index contributed by atoms with van der Waals surface area (Å²) in [7, 11) is 1.49. The molecule has 3 unspecified atom stereocenters. The van der Waals surface area contributed by atoms with E-state index in [0.717, 1.165) is 0 Å². The molecular weight excluding hydrogens is 152 g/mol. The van der Waals surface area contributed by atoms with Crippen LogP contribution in [0.5, 0.6) is 0 Å². The normalized spacial score (nSPS) is 31.5. The van der Waals surface area contributed by atoms with Crippen molar-refractivity contribution in [1.29, 1.82) is 0 Å². The van der Waals surface area contributed by atoms with Crippen LogP contribution in [0, 0.1) is 0 Å². The van der Waals surface area contributed by atoms with Crippen molar-refractivity contribution in [2.24, 2.45) is 0 Å². The van der Waals surface area contributed by atoms with Gasteiger partial charge in [0, 0.05) is 7.11 Å². The lowest BCUT2D eigenvalue weighted by Crippen LogP contribution is -2.27. The van der Waals surface area contributed by atoms with Gasteiger partial charge in [0.1, 0.15) is 12.2 Å². The molecule has 11 heavy (non-hydrogen) atoms. The van der Waals surface area contributed by atoms with E-state index in [-0.39, 0.29) is 6.10 Å². The number of rotatable bonds is 4. The highest BCUT2D eigenvalue weighted by atomic mass is 16.6. The first-order valence-electron chi connectivity index (χ1n) is 3.22. The highest BCUT2D eigenvalue weighted by Gasteiger charge is 2.47. The Hall–Kier alpha value is -0.650. The molecule has 0 aromatic carbocycles. The van der Waals surface area contributed by atoms with E-state index in [2.05, 4.69) is 0 Å². The fraction of sp³-hybridized carbons (Fsp3) is 0.833. The van der Waals surface area contributed by atoms with Crippen molar-refractivity contribution in [2.75, 3.05) is 13.7 Å². The van der Waals surface area contributed by atoms with Crippen molar-refractivity contribution < 1.29 is 24.5 Å². The second-order valence-electron chi connectivity index (χ2n) is 2.38. The minimum atomic E-state index is -1.42. The first kappa shape index (κ1) is 8.45. The number of aliphatic hydroxyl groups excluding tert-OH is 1. The summed E-state index contributed by atoms with van der Waals surface area (Å²) in [5, 5.41) is 17.2. The van der Waals surface area contributed by atoms with Gasteiger partial charge in [-0.25, -0.2) is 4.79 Å². The Balaban J connectivity index is 2.26. The Morgan fingerprint density at radius 2 is 2.45 bits per heavy atom. The number of hydrogen-bond donors (Lipinski definition) is 2. The Bertz CT molecular complexity index is 157. The first-order valence-corrected chi connectivity index (χ1v) is 3.22. The molecule has 0 spiro atoms. The maximum atomic E-state index is 10.2. The number of ether oxygens (including phenoxy) is 2. The first-order chi connectivity index (χ1) is 5.16. The quantitative estimate of drug-likeness (QED) is 0.510. The molecule has 0 amide bonds. The molecule has 1 aliphatic heterocycles. The second-order valence-corrected chi connectivity index (χ2v) is 2.38. The molecule has 1 saturated heterocycles. The molecule has 1 aliphatic rings. The fourth-order valence-electron chi connectivity index (χ4n) is 0.873. The topological polar surface area (TPSA) is 79.3 Å². The highest BCUT2D eigenvalue weighted by Crippen LogP contribution is 2.25. The number of aliphatic hydroxyl groups is 1. The molecule has 1 rings (SSSR count). The van der Waals surface area contributed by atoms with E-state index in [9.17, 15) is 4.79 Å². The van der Waals surface area contributed by atoms with Gasteiger partial charge in [0.15, 0.2) is 6.10 Å². The molecule has 0 radical (unpaired) electrons. The number of carboxylic acids is 1. The van der Waals surface area contributed by atoms with Crippen LogP contribution in [-0.2, 0) is 14.3 Å². The van der Waals surface area contributed by atoms with Gasteiger partial charge in [0.25, 0.3) is 0 Å².